The molecule has 0 saturated heterocycles. The topological polar surface area (TPSA) is 39.1 Å². The van der Waals surface area contributed by atoms with Gasteiger partial charge in [-0.3, -0.25) is 0 Å². The van der Waals surface area contributed by atoms with Crippen molar-refractivity contribution < 1.29 is 4.74 Å². The van der Waals surface area contributed by atoms with Crippen molar-refractivity contribution in [2.45, 2.75) is 32.9 Å². The van der Waals surface area contributed by atoms with Crippen molar-refractivity contribution in [3.63, 3.8) is 0 Å². The zero-order valence-corrected chi connectivity index (χ0v) is 10.1. The largest absolute Gasteiger partial charge is 0.375 e. The molecule has 0 aromatic carbocycles. The zero-order chi connectivity index (χ0) is 11.3. The first kappa shape index (κ1) is 12.2. The first-order valence-corrected chi connectivity index (χ1v) is 5.36. The highest BCUT2D eigenvalue weighted by molar-refractivity contribution is 4.90. The van der Waals surface area contributed by atoms with Crippen LogP contribution in [-0.2, 0) is 18.3 Å². The second-order valence-electron chi connectivity index (χ2n) is 4.25. The Kier molecular flexibility index (Phi) is 4.29. The SMILES string of the molecule is CCOC(C)(C)CNCc1nccn1C. The summed E-state index contributed by atoms with van der Waals surface area (Å²) in [6, 6.07) is 0. The minimum absolute atomic E-state index is 0.111. The first-order valence-electron chi connectivity index (χ1n) is 5.36. The van der Waals surface area contributed by atoms with Gasteiger partial charge in [-0.05, 0) is 20.8 Å². The first-order chi connectivity index (χ1) is 7.05. The van der Waals surface area contributed by atoms with E-state index < -0.39 is 0 Å². The highest BCUT2D eigenvalue weighted by Gasteiger charge is 2.16. The molecule has 0 aliphatic rings. The number of nitrogens with one attached hydrogen (secondary N) is 1. The van der Waals surface area contributed by atoms with Gasteiger partial charge >= 0.3 is 0 Å². The van der Waals surface area contributed by atoms with E-state index in [0.717, 1.165) is 25.5 Å². The lowest BCUT2D eigenvalue weighted by atomic mass is 10.1. The fourth-order valence-electron chi connectivity index (χ4n) is 1.48. The van der Waals surface area contributed by atoms with E-state index in [1.54, 1.807) is 0 Å². The average molecular weight is 211 g/mol. The van der Waals surface area contributed by atoms with Crippen molar-refractivity contribution in [3.05, 3.63) is 18.2 Å². The number of hydrogen-bond donors (Lipinski definition) is 1. The third kappa shape index (κ3) is 4.01. The molecule has 1 heterocycles. The molecular formula is C11H21N3O. The van der Waals surface area contributed by atoms with E-state index in [1.807, 2.05) is 30.9 Å². The van der Waals surface area contributed by atoms with Gasteiger partial charge in [0.25, 0.3) is 0 Å². The lowest BCUT2D eigenvalue weighted by molar-refractivity contribution is -0.00909. The molecule has 0 atom stereocenters. The van der Waals surface area contributed by atoms with Gasteiger partial charge in [-0.1, -0.05) is 0 Å². The molecule has 4 nitrogen and oxygen atoms in total. The number of hydrogen-bond acceptors (Lipinski definition) is 3. The second kappa shape index (κ2) is 5.28. The van der Waals surface area contributed by atoms with Crippen LogP contribution in [0.4, 0.5) is 0 Å². The fraction of sp³-hybridized carbons (Fsp3) is 0.727. The Hall–Kier alpha value is -0.870. The number of imidazole rings is 1. The lowest BCUT2D eigenvalue weighted by Gasteiger charge is -2.24. The maximum absolute atomic E-state index is 5.59. The van der Waals surface area contributed by atoms with Gasteiger partial charge in [0.1, 0.15) is 5.82 Å². The molecule has 0 saturated carbocycles. The van der Waals surface area contributed by atoms with E-state index >= 15 is 0 Å². The molecule has 0 fully saturated rings. The predicted octanol–water partition coefficient (Wildman–Crippen LogP) is 1.32. The second-order valence-corrected chi connectivity index (χ2v) is 4.25. The molecule has 15 heavy (non-hydrogen) atoms. The molecule has 0 amide bonds. The van der Waals surface area contributed by atoms with E-state index in [9.17, 15) is 0 Å². The highest BCUT2D eigenvalue weighted by atomic mass is 16.5. The Morgan fingerprint density at radius 1 is 1.53 bits per heavy atom. The predicted molar refractivity (Wildman–Crippen MR) is 60.6 cm³/mol. The smallest absolute Gasteiger partial charge is 0.122 e. The maximum atomic E-state index is 5.59. The molecule has 0 radical (unpaired) electrons. The van der Waals surface area contributed by atoms with E-state index in [-0.39, 0.29) is 5.60 Å². The summed E-state index contributed by atoms with van der Waals surface area (Å²) in [5.41, 5.74) is -0.111. The highest BCUT2D eigenvalue weighted by Crippen LogP contribution is 2.07. The van der Waals surface area contributed by atoms with Crippen LogP contribution < -0.4 is 5.32 Å². The normalized spacial score (nSPS) is 12.0. The van der Waals surface area contributed by atoms with Gasteiger partial charge in [0.05, 0.1) is 12.1 Å². The van der Waals surface area contributed by atoms with E-state index in [0.29, 0.717) is 0 Å². The Morgan fingerprint density at radius 3 is 2.80 bits per heavy atom. The molecular weight excluding hydrogens is 190 g/mol. The van der Waals surface area contributed by atoms with Crippen LogP contribution in [0.5, 0.6) is 0 Å². The molecule has 0 aliphatic carbocycles. The molecule has 86 valence electrons. The number of aromatic nitrogens is 2. The van der Waals surface area contributed by atoms with Crippen LogP contribution in [0.3, 0.4) is 0 Å². The molecule has 1 aromatic rings. The summed E-state index contributed by atoms with van der Waals surface area (Å²) in [6.07, 6.45) is 3.76. The average Bonchev–Trinajstić information content (AvgIpc) is 2.51. The number of ether oxygens (including phenoxy) is 1. The van der Waals surface area contributed by atoms with Crippen LogP contribution in [0.15, 0.2) is 12.4 Å². The summed E-state index contributed by atoms with van der Waals surface area (Å²) in [5, 5.41) is 3.35. The van der Waals surface area contributed by atoms with Crippen LogP contribution in [0.25, 0.3) is 0 Å². The third-order valence-electron chi connectivity index (χ3n) is 2.29. The van der Waals surface area contributed by atoms with Gasteiger partial charge in [0, 0.05) is 32.6 Å². The molecule has 1 N–H and O–H groups in total. The summed E-state index contributed by atoms with van der Waals surface area (Å²) in [4.78, 5) is 4.24. The van der Waals surface area contributed by atoms with Crippen molar-refractivity contribution in [2.24, 2.45) is 7.05 Å². The van der Waals surface area contributed by atoms with E-state index in [2.05, 4.69) is 24.1 Å². The monoisotopic (exact) mass is 211 g/mol. The van der Waals surface area contributed by atoms with Crippen molar-refractivity contribution in [3.8, 4) is 0 Å². The minimum atomic E-state index is -0.111. The van der Waals surface area contributed by atoms with Gasteiger partial charge in [-0.2, -0.15) is 0 Å². The lowest BCUT2D eigenvalue weighted by Crippen LogP contribution is -2.37. The van der Waals surface area contributed by atoms with Crippen molar-refractivity contribution >= 4 is 0 Å². The number of rotatable bonds is 6. The van der Waals surface area contributed by atoms with Gasteiger partial charge < -0.3 is 14.6 Å². The van der Waals surface area contributed by atoms with E-state index in [1.165, 1.54) is 0 Å². The standard InChI is InChI=1S/C11H21N3O/c1-5-15-11(2,3)9-12-8-10-13-6-7-14(10)4/h6-7,12H,5,8-9H2,1-4H3. The number of nitrogens with zero attached hydrogens (tertiary/aromatic N) is 2. The quantitative estimate of drug-likeness (QED) is 0.771. The minimum Gasteiger partial charge on any atom is -0.375 e. The van der Waals surface area contributed by atoms with Crippen molar-refractivity contribution in [1.82, 2.24) is 14.9 Å². The molecule has 4 heteroatoms. The fourth-order valence-corrected chi connectivity index (χ4v) is 1.48. The summed E-state index contributed by atoms with van der Waals surface area (Å²) in [7, 11) is 2.00. The Bertz CT molecular complexity index is 294. The van der Waals surface area contributed by atoms with Gasteiger partial charge in [-0.15, -0.1) is 0 Å². The zero-order valence-electron chi connectivity index (χ0n) is 10.1. The summed E-state index contributed by atoms with van der Waals surface area (Å²) in [5.74, 6) is 1.04. The number of aryl methyl sites for hydroxylation is 1. The van der Waals surface area contributed by atoms with Crippen LogP contribution in [0, 0.1) is 0 Å². The molecule has 0 unspecified atom stereocenters. The summed E-state index contributed by atoms with van der Waals surface area (Å²) < 4.78 is 7.60. The molecule has 0 aliphatic heterocycles. The van der Waals surface area contributed by atoms with Crippen LogP contribution >= 0.6 is 0 Å². The van der Waals surface area contributed by atoms with Crippen LogP contribution in [0.1, 0.15) is 26.6 Å². The third-order valence-corrected chi connectivity index (χ3v) is 2.29. The molecule has 0 bridgehead atoms. The van der Waals surface area contributed by atoms with Crippen molar-refractivity contribution in [2.75, 3.05) is 13.2 Å². The molecule has 0 spiro atoms. The summed E-state index contributed by atoms with van der Waals surface area (Å²) in [6.45, 7) is 8.54. The summed E-state index contributed by atoms with van der Waals surface area (Å²) >= 11 is 0. The molecule has 1 aromatic heterocycles. The Morgan fingerprint density at radius 2 is 2.27 bits per heavy atom. The molecule has 1 rings (SSSR count). The van der Waals surface area contributed by atoms with Crippen molar-refractivity contribution in [1.29, 1.82) is 0 Å². The van der Waals surface area contributed by atoms with Crippen LogP contribution in [0.2, 0.25) is 0 Å². The maximum Gasteiger partial charge on any atom is 0.122 e. The van der Waals surface area contributed by atoms with Gasteiger partial charge in [0.2, 0.25) is 0 Å². The Labute approximate surface area is 91.7 Å². The van der Waals surface area contributed by atoms with Gasteiger partial charge in [0.15, 0.2) is 0 Å². The van der Waals surface area contributed by atoms with Gasteiger partial charge in [-0.25, -0.2) is 4.98 Å². The Balaban J connectivity index is 2.30. The van der Waals surface area contributed by atoms with Crippen LogP contribution in [-0.4, -0.2) is 28.3 Å². The van der Waals surface area contributed by atoms with E-state index in [4.69, 9.17) is 4.74 Å².